The van der Waals surface area contributed by atoms with Gasteiger partial charge in [-0.05, 0) is 26.7 Å². The summed E-state index contributed by atoms with van der Waals surface area (Å²) < 4.78 is 1.45. The number of nitrogens with zero attached hydrogens (tertiary/aromatic N) is 3. The van der Waals surface area contributed by atoms with Crippen LogP contribution in [0, 0.1) is 10.1 Å². The Balaban J connectivity index is 3.06. The van der Waals surface area contributed by atoms with Gasteiger partial charge in [0.2, 0.25) is 5.82 Å². The van der Waals surface area contributed by atoms with Gasteiger partial charge in [-0.15, -0.1) is 0 Å². The largest absolute Gasteiger partial charge is 0.481 e. The summed E-state index contributed by atoms with van der Waals surface area (Å²) in [7, 11) is 1.64. The SMILES string of the molecule is CCCc1nn(C)c(NC(C)(C)CCC(=O)O)c1[N+](=O)[O-]. The van der Waals surface area contributed by atoms with Gasteiger partial charge in [0.1, 0.15) is 5.69 Å². The first-order chi connectivity index (χ1) is 9.68. The van der Waals surface area contributed by atoms with E-state index in [0.717, 1.165) is 6.42 Å². The highest BCUT2D eigenvalue weighted by molar-refractivity contribution is 5.67. The Kier molecular flexibility index (Phi) is 5.28. The Bertz CT molecular complexity index is 537. The van der Waals surface area contributed by atoms with Gasteiger partial charge in [0.15, 0.2) is 0 Å². The summed E-state index contributed by atoms with van der Waals surface area (Å²) in [4.78, 5) is 21.5. The molecule has 118 valence electrons. The van der Waals surface area contributed by atoms with Crippen molar-refractivity contribution in [2.24, 2.45) is 7.05 Å². The molecule has 1 aromatic heterocycles. The van der Waals surface area contributed by atoms with Crippen molar-refractivity contribution in [3.8, 4) is 0 Å². The summed E-state index contributed by atoms with van der Waals surface area (Å²) in [5, 5.41) is 27.3. The number of aromatic nitrogens is 2. The maximum atomic E-state index is 11.3. The molecule has 0 radical (unpaired) electrons. The van der Waals surface area contributed by atoms with E-state index in [1.165, 1.54) is 4.68 Å². The maximum Gasteiger partial charge on any atom is 0.334 e. The number of hydrogen-bond donors (Lipinski definition) is 2. The lowest BCUT2D eigenvalue weighted by atomic mass is 9.98. The van der Waals surface area contributed by atoms with Crippen LogP contribution in [0.15, 0.2) is 0 Å². The van der Waals surface area contributed by atoms with Gasteiger partial charge in [0, 0.05) is 19.0 Å². The predicted octanol–water partition coefficient (Wildman–Crippen LogP) is 2.34. The molecule has 0 aliphatic rings. The van der Waals surface area contributed by atoms with Gasteiger partial charge in [-0.3, -0.25) is 14.9 Å². The van der Waals surface area contributed by atoms with Crippen LogP contribution in [0.3, 0.4) is 0 Å². The number of carboxylic acid groups (broad SMARTS) is 1. The summed E-state index contributed by atoms with van der Waals surface area (Å²) in [5.74, 6) is -0.574. The monoisotopic (exact) mass is 298 g/mol. The van der Waals surface area contributed by atoms with E-state index in [1.54, 1.807) is 7.05 Å². The Morgan fingerprint density at radius 2 is 2.14 bits per heavy atom. The lowest BCUT2D eigenvalue weighted by Crippen LogP contribution is -2.32. The van der Waals surface area contributed by atoms with Crippen molar-refractivity contribution in [1.82, 2.24) is 9.78 Å². The second-order valence-corrected chi connectivity index (χ2v) is 5.68. The normalized spacial score (nSPS) is 11.4. The number of rotatable bonds is 8. The van der Waals surface area contributed by atoms with Crippen molar-refractivity contribution < 1.29 is 14.8 Å². The average Bonchev–Trinajstić information content (AvgIpc) is 2.63. The summed E-state index contributed by atoms with van der Waals surface area (Å²) in [5.41, 5.74) is -0.162. The van der Waals surface area contributed by atoms with Crippen LogP contribution in [0.5, 0.6) is 0 Å². The number of nitrogens with one attached hydrogen (secondary N) is 1. The first-order valence-electron chi connectivity index (χ1n) is 6.88. The topological polar surface area (TPSA) is 110 Å². The molecule has 1 aromatic rings. The van der Waals surface area contributed by atoms with Crippen molar-refractivity contribution in [3.63, 3.8) is 0 Å². The molecule has 0 amide bonds. The number of hydrogen-bond acceptors (Lipinski definition) is 5. The predicted molar refractivity (Wildman–Crippen MR) is 78.4 cm³/mol. The van der Waals surface area contributed by atoms with Crippen LogP contribution in [-0.2, 0) is 18.3 Å². The minimum Gasteiger partial charge on any atom is -0.481 e. The van der Waals surface area contributed by atoms with E-state index >= 15 is 0 Å². The Hall–Kier alpha value is -2.12. The van der Waals surface area contributed by atoms with E-state index in [0.29, 0.717) is 24.4 Å². The van der Waals surface area contributed by atoms with Gasteiger partial charge in [-0.1, -0.05) is 13.3 Å². The number of nitro groups is 1. The maximum absolute atomic E-state index is 11.3. The van der Waals surface area contributed by atoms with E-state index in [-0.39, 0.29) is 12.1 Å². The molecule has 8 nitrogen and oxygen atoms in total. The van der Waals surface area contributed by atoms with Crippen LogP contribution in [0.25, 0.3) is 0 Å². The third kappa shape index (κ3) is 4.44. The number of carbonyl (C=O) groups is 1. The minimum atomic E-state index is -0.893. The van der Waals surface area contributed by atoms with Crippen molar-refractivity contribution >= 4 is 17.5 Å². The van der Waals surface area contributed by atoms with E-state index in [4.69, 9.17) is 5.11 Å². The van der Waals surface area contributed by atoms with Crippen LogP contribution < -0.4 is 5.32 Å². The average molecular weight is 298 g/mol. The standard InChI is InChI=1S/C13H22N4O4/c1-5-6-9-11(17(20)21)12(16(4)15-9)14-13(2,3)8-7-10(18)19/h14H,5-8H2,1-4H3,(H,18,19). The molecule has 0 aliphatic heterocycles. The van der Waals surface area contributed by atoms with Gasteiger partial charge in [0.05, 0.1) is 4.92 Å². The molecule has 0 saturated heterocycles. The van der Waals surface area contributed by atoms with Crippen molar-refractivity contribution in [2.45, 2.75) is 52.0 Å². The number of aliphatic carboxylic acids is 1. The third-order valence-electron chi connectivity index (χ3n) is 3.18. The Morgan fingerprint density at radius 3 is 2.62 bits per heavy atom. The first kappa shape index (κ1) is 16.9. The van der Waals surface area contributed by atoms with Crippen LogP contribution >= 0.6 is 0 Å². The number of aryl methyl sites for hydroxylation is 2. The van der Waals surface area contributed by atoms with Gasteiger partial charge < -0.3 is 10.4 Å². The minimum absolute atomic E-state index is 0.00648. The quantitative estimate of drug-likeness (QED) is 0.563. The zero-order valence-corrected chi connectivity index (χ0v) is 12.8. The van der Waals surface area contributed by atoms with Gasteiger partial charge >= 0.3 is 11.7 Å². The van der Waals surface area contributed by atoms with Crippen LogP contribution in [0.2, 0.25) is 0 Å². The highest BCUT2D eigenvalue weighted by Gasteiger charge is 2.30. The molecular weight excluding hydrogens is 276 g/mol. The second kappa shape index (κ2) is 6.55. The molecule has 0 aliphatic carbocycles. The molecule has 1 rings (SSSR count). The molecule has 0 bridgehead atoms. The van der Waals surface area contributed by atoms with E-state index in [2.05, 4.69) is 10.4 Å². The van der Waals surface area contributed by atoms with Crippen molar-refractivity contribution in [1.29, 1.82) is 0 Å². The number of anilines is 1. The fraction of sp³-hybridized carbons (Fsp3) is 0.692. The molecule has 2 N–H and O–H groups in total. The van der Waals surface area contributed by atoms with Crippen molar-refractivity contribution in [2.75, 3.05) is 5.32 Å². The van der Waals surface area contributed by atoms with E-state index < -0.39 is 16.4 Å². The van der Waals surface area contributed by atoms with Gasteiger partial charge in [-0.2, -0.15) is 5.10 Å². The molecule has 0 atom stereocenters. The Labute approximate surface area is 123 Å². The lowest BCUT2D eigenvalue weighted by Gasteiger charge is -2.26. The highest BCUT2D eigenvalue weighted by atomic mass is 16.6. The van der Waals surface area contributed by atoms with E-state index in [9.17, 15) is 14.9 Å². The van der Waals surface area contributed by atoms with Crippen LogP contribution in [0.4, 0.5) is 11.5 Å². The van der Waals surface area contributed by atoms with Crippen LogP contribution in [-0.4, -0.2) is 31.3 Å². The highest BCUT2D eigenvalue weighted by Crippen LogP contribution is 2.32. The molecule has 8 heteroatoms. The van der Waals surface area contributed by atoms with Crippen LogP contribution in [0.1, 0.15) is 45.7 Å². The van der Waals surface area contributed by atoms with Gasteiger partial charge in [-0.25, -0.2) is 4.68 Å². The molecule has 1 heterocycles. The summed E-state index contributed by atoms with van der Waals surface area (Å²) in [6, 6.07) is 0. The number of carboxylic acids is 1. The van der Waals surface area contributed by atoms with Crippen molar-refractivity contribution in [3.05, 3.63) is 15.8 Å². The molecule has 0 saturated carbocycles. The molecule has 21 heavy (non-hydrogen) atoms. The molecule has 0 spiro atoms. The summed E-state index contributed by atoms with van der Waals surface area (Å²) in [6.07, 6.45) is 1.64. The fourth-order valence-electron chi connectivity index (χ4n) is 2.11. The second-order valence-electron chi connectivity index (χ2n) is 5.68. The lowest BCUT2D eigenvalue weighted by molar-refractivity contribution is -0.384. The molecular formula is C13H22N4O4. The van der Waals surface area contributed by atoms with E-state index in [1.807, 2.05) is 20.8 Å². The summed E-state index contributed by atoms with van der Waals surface area (Å²) in [6.45, 7) is 5.56. The third-order valence-corrected chi connectivity index (χ3v) is 3.18. The zero-order valence-electron chi connectivity index (χ0n) is 12.8. The molecule has 0 aromatic carbocycles. The smallest absolute Gasteiger partial charge is 0.334 e. The summed E-state index contributed by atoms with van der Waals surface area (Å²) >= 11 is 0. The fourth-order valence-corrected chi connectivity index (χ4v) is 2.11. The first-order valence-corrected chi connectivity index (χ1v) is 6.88. The molecule has 0 fully saturated rings. The zero-order chi connectivity index (χ0) is 16.2. The Morgan fingerprint density at radius 1 is 1.52 bits per heavy atom. The van der Waals surface area contributed by atoms with Gasteiger partial charge in [0.25, 0.3) is 0 Å². The molecule has 0 unspecified atom stereocenters.